The van der Waals surface area contributed by atoms with E-state index in [1.807, 2.05) is 116 Å². The van der Waals surface area contributed by atoms with Crippen LogP contribution in [0.15, 0.2) is 158 Å². The number of urea groups is 1. The number of aliphatic hydroxyl groups excluding tert-OH is 1. The monoisotopic (exact) mass is 730 g/mol. The van der Waals surface area contributed by atoms with Crippen LogP contribution in [0.2, 0.25) is 0 Å². The minimum atomic E-state index is -0.589. The molecule has 7 aromatic rings. The molecule has 6 aromatic carbocycles. The molecule has 276 valence electrons. The molecule has 2 heterocycles. The lowest BCUT2D eigenvalue weighted by molar-refractivity contribution is -0.276. The number of nitrogens with one attached hydrogen (secondary N) is 2. The van der Waals surface area contributed by atoms with Crippen LogP contribution in [0.4, 0.5) is 10.5 Å². The summed E-state index contributed by atoms with van der Waals surface area (Å²) in [4.78, 5) is 17.3. The van der Waals surface area contributed by atoms with Gasteiger partial charge in [-0.1, -0.05) is 104 Å². The van der Waals surface area contributed by atoms with Gasteiger partial charge in [0.25, 0.3) is 0 Å². The number of carbonyl (C=O) groups excluding carboxylic acids is 1. The Morgan fingerprint density at radius 3 is 2.25 bits per heavy atom. The van der Waals surface area contributed by atoms with E-state index in [0.29, 0.717) is 24.5 Å². The summed E-state index contributed by atoms with van der Waals surface area (Å²) in [5, 5.41) is 15.5. The third-order valence-electron chi connectivity index (χ3n) is 10.0. The van der Waals surface area contributed by atoms with E-state index in [1.165, 1.54) is 0 Å². The minimum Gasteiger partial charge on any atom is -0.457 e. The second-order valence-electron chi connectivity index (χ2n) is 13.8. The fraction of sp³-hybridized carbons (Fsp3) is 0.174. The van der Waals surface area contributed by atoms with Gasteiger partial charge in [0, 0.05) is 23.7 Å². The number of aromatic nitrogens is 2. The molecule has 1 aromatic heterocycles. The lowest BCUT2D eigenvalue weighted by Crippen LogP contribution is -2.39. The Balaban J connectivity index is 0.930. The molecule has 3 N–H and O–H groups in total. The SMILES string of the molecule is C[C@@H]1[C@H](Cn2cnc3ccccc32)O[C@H](c2ccc(-c3cccc(CNC(=O)Nc4ccc(Oc5ccccc5)cc4)c3)cc2)O[C@@H]1c1ccc(CO)cc1. The third-order valence-corrected chi connectivity index (χ3v) is 10.0. The van der Waals surface area contributed by atoms with Crippen LogP contribution >= 0.6 is 0 Å². The molecule has 1 saturated heterocycles. The first-order valence-corrected chi connectivity index (χ1v) is 18.5. The first-order chi connectivity index (χ1) is 27.0. The van der Waals surface area contributed by atoms with Crippen LogP contribution < -0.4 is 15.4 Å². The molecule has 8 rings (SSSR count). The second-order valence-corrected chi connectivity index (χ2v) is 13.8. The highest BCUT2D eigenvalue weighted by atomic mass is 16.7. The predicted molar refractivity (Wildman–Crippen MR) is 213 cm³/mol. The smallest absolute Gasteiger partial charge is 0.319 e. The molecule has 0 unspecified atom stereocenters. The van der Waals surface area contributed by atoms with E-state index in [1.54, 1.807) is 0 Å². The summed E-state index contributed by atoms with van der Waals surface area (Å²) < 4.78 is 21.4. The van der Waals surface area contributed by atoms with Crippen molar-refractivity contribution in [2.45, 2.75) is 45.1 Å². The summed E-state index contributed by atoms with van der Waals surface area (Å²) in [5.74, 6) is 1.48. The molecule has 9 heteroatoms. The van der Waals surface area contributed by atoms with E-state index >= 15 is 0 Å². The average Bonchev–Trinajstić information content (AvgIpc) is 3.64. The lowest BCUT2D eigenvalue weighted by atomic mass is 9.90. The van der Waals surface area contributed by atoms with Gasteiger partial charge in [0.05, 0.1) is 42.7 Å². The van der Waals surface area contributed by atoms with Crippen molar-refractivity contribution < 1.29 is 24.1 Å². The fourth-order valence-electron chi connectivity index (χ4n) is 6.96. The summed E-state index contributed by atoms with van der Waals surface area (Å²) >= 11 is 0. The van der Waals surface area contributed by atoms with Gasteiger partial charge in [0.2, 0.25) is 0 Å². The number of anilines is 1. The summed E-state index contributed by atoms with van der Waals surface area (Å²) in [5.41, 5.74) is 8.54. The van der Waals surface area contributed by atoms with Gasteiger partial charge in [-0.2, -0.15) is 0 Å². The molecule has 0 saturated carbocycles. The van der Waals surface area contributed by atoms with Crippen molar-refractivity contribution >= 4 is 22.8 Å². The summed E-state index contributed by atoms with van der Waals surface area (Å²) in [6, 6.07) is 49.0. The Morgan fingerprint density at radius 1 is 0.745 bits per heavy atom. The zero-order valence-electron chi connectivity index (χ0n) is 30.4. The van der Waals surface area contributed by atoms with Gasteiger partial charge in [0.15, 0.2) is 6.29 Å². The summed E-state index contributed by atoms with van der Waals surface area (Å²) in [6.45, 7) is 3.15. The number of amides is 2. The number of fused-ring (bicyclic) bond motifs is 1. The molecular weight excluding hydrogens is 689 g/mol. The van der Waals surface area contributed by atoms with Crippen molar-refractivity contribution in [1.29, 1.82) is 0 Å². The topological polar surface area (TPSA) is 107 Å². The highest BCUT2D eigenvalue weighted by Crippen LogP contribution is 2.42. The highest BCUT2D eigenvalue weighted by molar-refractivity contribution is 5.89. The molecule has 0 radical (unpaired) electrons. The van der Waals surface area contributed by atoms with Gasteiger partial charge < -0.3 is 34.5 Å². The van der Waals surface area contributed by atoms with Crippen molar-refractivity contribution in [1.82, 2.24) is 14.9 Å². The van der Waals surface area contributed by atoms with E-state index in [2.05, 4.69) is 69.6 Å². The first-order valence-electron chi connectivity index (χ1n) is 18.5. The number of ether oxygens (including phenoxy) is 3. The molecular formula is C46H42N4O5. The van der Waals surface area contributed by atoms with Gasteiger partial charge in [-0.05, 0) is 82.4 Å². The number of imidazole rings is 1. The summed E-state index contributed by atoms with van der Waals surface area (Å²) in [6.07, 6.45) is 0.908. The van der Waals surface area contributed by atoms with Crippen molar-refractivity contribution in [2.24, 2.45) is 5.92 Å². The number of rotatable bonds is 11. The molecule has 1 aliphatic heterocycles. The Kier molecular flexibility index (Phi) is 10.7. The van der Waals surface area contributed by atoms with Gasteiger partial charge in [-0.3, -0.25) is 0 Å². The maximum Gasteiger partial charge on any atom is 0.319 e. The average molecular weight is 731 g/mol. The third kappa shape index (κ3) is 8.45. The molecule has 55 heavy (non-hydrogen) atoms. The Hall–Kier alpha value is -6.26. The van der Waals surface area contributed by atoms with Crippen molar-refractivity contribution in [3.05, 3.63) is 180 Å². The van der Waals surface area contributed by atoms with Crippen LogP contribution in [0.25, 0.3) is 22.2 Å². The zero-order chi connectivity index (χ0) is 37.6. The standard InChI is InChI=1S/C46H42N4O5/c1-31-43(28-50-30-48-41-12-5-6-13-42(41)50)54-45(55-44(31)35-16-14-32(29-51)15-17-35)36-20-18-34(19-21-36)37-9-7-8-33(26-37)27-47-46(52)49-38-22-24-40(25-23-38)53-39-10-3-2-4-11-39/h2-26,30-31,43-45,51H,27-29H2,1H3,(H2,47,49,52)/t31-,43+,44+,45+/m1/s1. The van der Waals surface area contributed by atoms with E-state index in [9.17, 15) is 9.90 Å². The molecule has 2 amide bonds. The van der Waals surface area contributed by atoms with Crippen LogP contribution in [0.5, 0.6) is 11.5 Å². The normalized spacial score (nSPS) is 18.1. The maximum absolute atomic E-state index is 12.7. The van der Waals surface area contributed by atoms with Crippen molar-refractivity contribution in [3.63, 3.8) is 0 Å². The lowest BCUT2D eigenvalue weighted by Gasteiger charge is -2.41. The largest absolute Gasteiger partial charge is 0.457 e. The summed E-state index contributed by atoms with van der Waals surface area (Å²) in [7, 11) is 0. The molecule has 0 bridgehead atoms. The van der Waals surface area contributed by atoms with Crippen LogP contribution in [0.1, 0.15) is 41.6 Å². The number of aliphatic hydroxyl groups is 1. The molecule has 9 nitrogen and oxygen atoms in total. The van der Waals surface area contributed by atoms with Crippen LogP contribution in [-0.4, -0.2) is 26.8 Å². The molecule has 4 atom stereocenters. The van der Waals surface area contributed by atoms with E-state index in [-0.39, 0.29) is 30.8 Å². The Labute approximate surface area is 320 Å². The number of para-hydroxylation sites is 3. The van der Waals surface area contributed by atoms with Crippen molar-refractivity contribution in [2.75, 3.05) is 5.32 Å². The zero-order valence-corrected chi connectivity index (χ0v) is 30.4. The van der Waals surface area contributed by atoms with E-state index in [4.69, 9.17) is 14.2 Å². The van der Waals surface area contributed by atoms with Gasteiger partial charge >= 0.3 is 6.03 Å². The van der Waals surface area contributed by atoms with Crippen molar-refractivity contribution in [3.8, 4) is 22.6 Å². The second kappa shape index (κ2) is 16.4. The number of nitrogens with zero attached hydrogens (tertiary/aromatic N) is 2. The Bertz CT molecular complexity index is 2340. The minimum absolute atomic E-state index is 0.00781. The Morgan fingerprint density at radius 2 is 1.47 bits per heavy atom. The van der Waals surface area contributed by atoms with Gasteiger partial charge in [0.1, 0.15) is 11.5 Å². The number of hydrogen-bond donors (Lipinski definition) is 3. The predicted octanol–water partition coefficient (Wildman–Crippen LogP) is 9.80. The van der Waals surface area contributed by atoms with Crippen LogP contribution in [-0.2, 0) is 29.2 Å². The van der Waals surface area contributed by atoms with Gasteiger partial charge in [-0.15, -0.1) is 0 Å². The van der Waals surface area contributed by atoms with Crippen LogP contribution in [0, 0.1) is 5.92 Å². The molecule has 1 fully saturated rings. The van der Waals surface area contributed by atoms with E-state index < -0.39 is 6.29 Å². The maximum atomic E-state index is 12.7. The quantitative estimate of drug-likeness (QED) is 0.122. The number of carbonyl (C=O) groups is 1. The number of benzene rings is 6. The van der Waals surface area contributed by atoms with Crippen LogP contribution in [0.3, 0.4) is 0 Å². The molecule has 0 spiro atoms. The molecule has 1 aliphatic rings. The van der Waals surface area contributed by atoms with E-state index in [0.717, 1.165) is 50.2 Å². The fourth-order valence-corrected chi connectivity index (χ4v) is 6.96. The van der Waals surface area contributed by atoms with Gasteiger partial charge in [-0.25, -0.2) is 9.78 Å². The first kappa shape index (κ1) is 35.8. The highest BCUT2D eigenvalue weighted by Gasteiger charge is 2.38. The molecule has 0 aliphatic carbocycles. The number of hydrogen-bond acceptors (Lipinski definition) is 6.